The molecule has 0 heterocycles. The first-order chi connectivity index (χ1) is 14.3. The fourth-order valence-electron chi connectivity index (χ4n) is 1.94. The molecule has 0 bridgehead atoms. The molecular formula is C23H29NO6. The van der Waals surface area contributed by atoms with Crippen LogP contribution in [0.2, 0.25) is 0 Å². The lowest BCUT2D eigenvalue weighted by Gasteiger charge is -2.09. The molecule has 0 aromatic heterocycles. The predicted molar refractivity (Wildman–Crippen MR) is 114 cm³/mol. The maximum Gasteiger partial charge on any atom is 0.363 e. The first-order valence-corrected chi connectivity index (χ1v) is 9.55. The standard InChI is InChI=1S/C13H17NO3.C10H12O3/c1-10(2)14-17-13(15)11(3)16-9-12-7-5-4-6-8-12;1-8(10(11)12)13-7-9-5-3-2-4-6-9/h4-8,11H,9H2,1-3H3;2-6,8H,7H2,1H3,(H,11,12)/t11-;8-/m00/s1. The van der Waals surface area contributed by atoms with Gasteiger partial charge in [0.1, 0.15) is 0 Å². The zero-order valence-electron chi connectivity index (χ0n) is 17.8. The molecule has 0 unspecified atom stereocenters. The monoisotopic (exact) mass is 415 g/mol. The Hall–Kier alpha value is -3.03. The number of aliphatic carboxylic acids is 1. The van der Waals surface area contributed by atoms with Gasteiger partial charge >= 0.3 is 11.9 Å². The summed E-state index contributed by atoms with van der Waals surface area (Å²) in [6, 6.07) is 19.1. The van der Waals surface area contributed by atoms with Crippen LogP contribution >= 0.6 is 0 Å². The van der Waals surface area contributed by atoms with Crippen molar-refractivity contribution in [1.82, 2.24) is 0 Å². The Morgan fingerprint density at radius 3 is 1.67 bits per heavy atom. The molecule has 2 aromatic rings. The predicted octanol–water partition coefficient (Wildman–Crippen LogP) is 4.21. The van der Waals surface area contributed by atoms with E-state index in [9.17, 15) is 9.59 Å². The Balaban J connectivity index is 0.000000311. The summed E-state index contributed by atoms with van der Waals surface area (Å²) >= 11 is 0. The van der Waals surface area contributed by atoms with Gasteiger partial charge in [0.15, 0.2) is 12.2 Å². The van der Waals surface area contributed by atoms with Crippen molar-refractivity contribution in [2.24, 2.45) is 5.16 Å². The zero-order valence-corrected chi connectivity index (χ0v) is 17.8. The third kappa shape index (κ3) is 11.1. The van der Waals surface area contributed by atoms with Gasteiger partial charge in [-0.15, -0.1) is 0 Å². The van der Waals surface area contributed by atoms with Gasteiger partial charge in [0, 0.05) is 0 Å². The second kappa shape index (κ2) is 14.0. The van der Waals surface area contributed by atoms with Gasteiger partial charge < -0.3 is 19.4 Å². The molecule has 7 heteroatoms. The van der Waals surface area contributed by atoms with Crippen LogP contribution in [0.15, 0.2) is 65.8 Å². The summed E-state index contributed by atoms with van der Waals surface area (Å²) in [6.45, 7) is 7.39. The van der Waals surface area contributed by atoms with Crippen LogP contribution in [0, 0.1) is 0 Å². The Bertz CT molecular complexity index is 788. The lowest BCUT2D eigenvalue weighted by molar-refractivity contribution is -0.156. The van der Waals surface area contributed by atoms with Crippen LogP contribution in [0.25, 0.3) is 0 Å². The molecule has 0 radical (unpaired) electrons. The highest BCUT2D eigenvalue weighted by Crippen LogP contribution is 2.05. The average molecular weight is 415 g/mol. The minimum absolute atomic E-state index is 0.342. The molecule has 2 rings (SSSR count). The number of rotatable bonds is 9. The van der Waals surface area contributed by atoms with E-state index in [1.165, 1.54) is 6.92 Å². The third-order valence-electron chi connectivity index (χ3n) is 3.68. The van der Waals surface area contributed by atoms with Gasteiger partial charge in [0.05, 0.1) is 18.9 Å². The van der Waals surface area contributed by atoms with Crippen molar-refractivity contribution in [3.8, 4) is 0 Å². The van der Waals surface area contributed by atoms with Crippen molar-refractivity contribution in [2.45, 2.75) is 53.1 Å². The molecule has 0 spiro atoms. The number of carboxylic acids is 1. The number of oxime groups is 1. The minimum atomic E-state index is -0.934. The number of carboxylic acid groups (broad SMARTS) is 1. The highest BCUT2D eigenvalue weighted by atomic mass is 16.7. The summed E-state index contributed by atoms with van der Waals surface area (Å²) in [5.74, 6) is -1.42. The molecule has 0 saturated heterocycles. The van der Waals surface area contributed by atoms with Crippen molar-refractivity contribution in [1.29, 1.82) is 0 Å². The molecule has 0 aliphatic rings. The van der Waals surface area contributed by atoms with E-state index in [1.54, 1.807) is 20.8 Å². The highest BCUT2D eigenvalue weighted by Gasteiger charge is 2.15. The first-order valence-electron chi connectivity index (χ1n) is 9.55. The van der Waals surface area contributed by atoms with Gasteiger partial charge in [-0.1, -0.05) is 65.8 Å². The van der Waals surface area contributed by atoms with Gasteiger partial charge in [-0.3, -0.25) is 0 Å². The van der Waals surface area contributed by atoms with Gasteiger partial charge in [0.2, 0.25) is 0 Å². The molecule has 30 heavy (non-hydrogen) atoms. The van der Waals surface area contributed by atoms with E-state index in [-0.39, 0.29) is 0 Å². The number of nitrogens with zero attached hydrogens (tertiary/aromatic N) is 1. The molecule has 2 aromatic carbocycles. The van der Waals surface area contributed by atoms with E-state index < -0.39 is 24.1 Å². The van der Waals surface area contributed by atoms with Gasteiger partial charge in [-0.25, -0.2) is 9.59 Å². The molecular weight excluding hydrogens is 386 g/mol. The van der Waals surface area contributed by atoms with Crippen molar-refractivity contribution in [2.75, 3.05) is 0 Å². The number of carbonyl (C=O) groups excluding carboxylic acids is 1. The molecule has 0 amide bonds. The fraction of sp³-hybridized carbons (Fsp3) is 0.348. The van der Waals surface area contributed by atoms with Crippen LogP contribution in [-0.2, 0) is 37.1 Å². The molecule has 0 saturated carbocycles. The smallest absolute Gasteiger partial charge is 0.363 e. The van der Waals surface area contributed by atoms with Gasteiger partial charge in [-0.05, 0) is 38.8 Å². The molecule has 2 atom stereocenters. The number of ether oxygens (including phenoxy) is 2. The number of hydrogen-bond acceptors (Lipinski definition) is 6. The van der Waals surface area contributed by atoms with Crippen molar-refractivity contribution in [3.63, 3.8) is 0 Å². The third-order valence-corrected chi connectivity index (χ3v) is 3.68. The van der Waals surface area contributed by atoms with Crippen LogP contribution in [0.3, 0.4) is 0 Å². The average Bonchev–Trinajstić information content (AvgIpc) is 2.75. The quantitative estimate of drug-likeness (QED) is 0.375. The minimum Gasteiger partial charge on any atom is -0.479 e. The van der Waals surface area contributed by atoms with E-state index in [0.717, 1.165) is 11.1 Å². The number of carbonyl (C=O) groups is 2. The number of hydrogen-bond donors (Lipinski definition) is 1. The van der Waals surface area contributed by atoms with Crippen LogP contribution in [0.5, 0.6) is 0 Å². The lowest BCUT2D eigenvalue weighted by atomic mass is 10.2. The van der Waals surface area contributed by atoms with E-state index in [2.05, 4.69) is 9.99 Å². The van der Waals surface area contributed by atoms with Crippen molar-refractivity contribution < 1.29 is 29.0 Å². The van der Waals surface area contributed by atoms with Crippen molar-refractivity contribution in [3.05, 3.63) is 71.8 Å². The Labute approximate surface area is 177 Å². The maximum absolute atomic E-state index is 11.4. The van der Waals surface area contributed by atoms with Crippen molar-refractivity contribution >= 4 is 17.7 Å². The largest absolute Gasteiger partial charge is 0.479 e. The maximum atomic E-state index is 11.4. The summed E-state index contributed by atoms with van der Waals surface area (Å²) in [4.78, 5) is 26.5. The molecule has 162 valence electrons. The molecule has 0 aliphatic carbocycles. The highest BCUT2D eigenvalue weighted by molar-refractivity contribution is 5.80. The fourth-order valence-corrected chi connectivity index (χ4v) is 1.94. The molecule has 7 nitrogen and oxygen atoms in total. The Morgan fingerprint density at radius 1 is 0.833 bits per heavy atom. The lowest BCUT2D eigenvalue weighted by Crippen LogP contribution is -2.21. The van der Waals surface area contributed by atoms with Gasteiger partial charge in [0.25, 0.3) is 0 Å². The van der Waals surface area contributed by atoms with Crippen LogP contribution in [-0.4, -0.2) is 35.0 Å². The first kappa shape index (κ1) is 25.0. The Morgan fingerprint density at radius 2 is 1.27 bits per heavy atom. The topological polar surface area (TPSA) is 94.4 Å². The van der Waals surface area contributed by atoms with E-state index in [1.807, 2.05) is 60.7 Å². The van der Waals surface area contributed by atoms with E-state index in [4.69, 9.17) is 14.6 Å². The summed E-state index contributed by atoms with van der Waals surface area (Å²) in [5.41, 5.74) is 2.69. The normalized spacial score (nSPS) is 12.0. The summed E-state index contributed by atoms with van der Waals surface area (Å²) < 4.78 is 10.5. The molecule has 0 fully saturated rings. The second-order valence-corrected chi connectivity index (χ2v) is 6.66. The molecule has 0 aliphatic heterocycles. The Kier molecular flexibility index (Phi) is 11.7. The number of benzene rings is 2. The summed E-state index contributed by atoms with van der Waals surface area (Å²) in [5, 5.41) is 12.1. The van der Waals surface area contributed by atoms with E-state index >= 15 is 0 Å². The summed E-state index contributed by atoms with van der Waals surface area (Å²) in [7, 11) is 0. The zero-order chi connectivity index (χ0) is 22.4. The van der Waals surface area contributed by atoms with Gasteiger partial charge in [-0.2, -0.15) is 0 Å². The second-order valence-electron chi connectivity index (χ2n) is 6.66. The summed E-state index contributed by atoms with van der Waals surface area (Å²) in [6.07, 6.45) is -1.38. The van der Waals surface area contributed by atoms with E-state index in [0.29, 0.717) is 18.9 Å². The van der Waals surface area contributed by atoms with Crippen LogP contribution < -0.4 is 0 Å². The molecule has 1 N–H and O–H groups in total. The van der Waals surface area contributed by atoms with Crippen LogP contribution in [0.4, 0.5) is 0 Å². The van der Waals surface area contributed by atoms with Crippen LogP contribution in [0.1, 0.15) is 38.8 Å². The SMILES string of the molecule is CC(C)=NOC(=O)[C@H](C)OCc1ccccc1.C[C@H](OCc1ccccc1)C(=O)O.